The van der Waals surface area contributed by atoms with E-state index >= 15 is 0 Å². The number of carbonyl (C=O) groups excluding carboxylic acids is 1. The molecule has 5 nitrogen and oxygen atoms in total. The molecule has 0 spiro atoms. The first-order valence-electron chi connectivity index (χ1n) is 4.31. The minimum absolute atomic E-state index is 0.0492. The predicted octanol–water partition coefficient (Wildman–Crippen LogP) is 1.24. The molecule has 0 aliphatic rings. The third kappa shape index (κ3) is 1.48. The lowest BCUT2D eigenvalue weighted by atomic mass is 10.2. The number of aromatic carboxylic acids is 1. The summed E-state index contributed by atoms with van der Waals surface area (Å²) in [6.07, 6.45) is 2.75. The smallest absolute Gasteiger partial charge is 0.354 e. The summed E-state index contributed by atoms with van der Waals surface area (Å²) in [6, 6.07) is 3.24. The van der Waals surface area contributed by atoms with Crippen LogP contribution in [0.3, 0.4) is 0 Å². The van der Waals surface area contributed by atoms with Crippen molar-refractivity contribution in [3.63, 3.8) is 0 Å². The van der Waals surface area contributed by atoms with E-state index in [4.69, 9.17) is 5.11 Å². The van der Waals surface area contributed by atoms with E-state index in [1.807, 2.05) is 0 Å². The Hall–Kier alpha value is -2.17. The summed E-state index contributed by atoms with van der Waals surface area (Å²) in [4.78, 5) is 25.8. The molecule has 0 aliphatic heterocycles. The lowest BCUT2D eigenvalue weighted by Gasteiger charge is -1.99. The summed E-state index contributed by atoms with van der Waals surface area (Å²) in [5.41, 5.74) is 1.02. The van der Waals surface area contributed by atoms with Gasteiger partial charge in [-0.2, -0.15) is 0 Å². The van der Waals surface area contributed by atoms with Crippen LogP contribution < -0.4 is 0 Å². The highest BCUT2D eigenvalue weighted by atomic mass is 16.4. The number of carboxylic acid groups (broad SMARTS) is 1. The molecule has 76 valence electrons. The van der Waals surface area contributed by atoms with E-state index in [1.54, 1.807) is 12.1 Å². The third-order valence-electron chi connectivity index (χ3n) is 2.13. The Morgan fingerprint density at radius 1 is 1.40 bits per heavy atom. The molecule has 5 heteroatoms. The first-order chi connectivity index (χ1) is 7.09. The Kier molecular flexibility index (Phi) is 2.00. The molecule has 0 amide bonds. The second-order valence-corrected chi connectivity index (χ2v) is 3.15. The normalized spacial score (nSPS) is 10.5. The Morgan fingerprint density at radius 2 is 2.13 bits per heavy atom. The summed E-state index contributed by atoms with van der Waals surface area (Å²) >= 11 is 0. The van der Waals surface area contributed by atoms with Crippen molar-refractivity contribution in [3.05, 3.63) is 35.8 Å². The molecule has 0 radical (unpaired) electrons. The van der Waals surface area contributed by atoms with Gasteiger partial charge in [0.05, 0.1) is 6.20 Å². The number of nitrogens with zero attached hydrogens (tertiary/aromatic N) is 2. The van der Waals surface area contributed by atoms with Crippen molar-refractivity contribution in [2.75, 3.05) is 0 Å². The standard InChI is InChI=1S/C10H8N2O3/c1-6(13)7-2-3-9-11-4-8(10(14)15)12(9)5-7/h2-5H,1H3,(H,14,15). The van der Waals surface area contributed by atoms with Gasteiger partial charge in [-0.3, -0.25) is 9.20 Å². The van der Waals surface area contributed by atoms with Gasteiger partial charge in [-0.1, -0.05) is 0 Å². The van der Waals surface area contributed by atoms with Crippen molar-refractivity contribution in [1.82, 2.24) is 9.38 Å². The molecule has 2 aromatic rings. The molecule has 2 heterocycles. The van der Waals surface area contributed by atoms with Gasteiger partial charge >= 0.3 is 5.97 Å². The van der Waals surface area contributed by atoms with Gasteiger partial charge in [0.1, 0.15) is 5.65 Å². The van der Waals surface area contributed by atoms with E-state index < -0.39 is 5.97 Å². The van der Waals surface area contributed by atoms with Crippen LogP contribution in [0.15, 0.2) is 24.5 Å². The second-order valence-electron chi connectivity index (χ2n) is 3.15. The van der Waals surface area contributed by atoms with Crippen LogP contribution in [0.1, 0.15) is 27.8 Å². The number of Topliss-reactive ketones (excluding diaryl/α,β-unsaturated/α-hetero) is 1. The molecule has 1 N–H and O–H groups in total. The Labute approximate surface area is 85.0 Å². The fraction of sp³-hybridized carbons (Fsp3) is 0.100. The zero-order valence-corrected chi connectivity index (χ0v) is 7.97. The van der Waals surface area contributed by atoms with Crippen LogP contribution >= 0.6 is 0 Å². The van der Waals surface area contributed by atoms with Gasteiger partial charge in [0.15, 0.2) is 11.5 Å². The van der Waals surface area contributed by atoms with E-state index in [-0.39, 0.29) is 11.5 Å². The third-order valence-corrected chi connectivity index (χ3v) is 2.13. The highest BCUT2D eigenvalue weighted by Gasteiger charge is 2.11. The number of hydrogen-bond acceptors (Lipinski definition) is 3. The molecule has 0 aromatic carbocycles. The van der Waals surface area contributed by atoms with E-state index in [9.17, 15) is 9.59 Å². The largest absolute Gasteiger partial charge is 0.477 e. The van der Waals surface area contributed by atoms with Crippen molar-refractivity contribution in [2.24, 2.45) is 0 Å². The Morgan fingerprint density at radius 3 is 2.73 bits per heavy atom. The van der Waals surface area contributed by atoms with Crippen LogP contribution in [0.5, 0.6) is 0 Å². The lowest BCUT2D eigenvalue weighted by Crippen LogP contribution is -2.03. The Bertz CT molecular complexity index is 557. The summed E-state index contributed by atoms with van der Waals surface area (Å²) in [5.74, 6) is -1.18. The quantitative estimate of drug-likeness (QED) is 0.747. The zero-order chi connectivity index (χ0) is 11.0. The maximum atomic E-state index is 11.1. The SMILES string of the molecule is CC(=O)c1ccc2ncc(C(=O)O)n2c1. The Balaban J connectivity index is 2.72. The van der Waals surface area contributed by atoms with Gasteiger partial charge in [0.25, 0.3) is 0 Å². The summed E-state index contributed by atoms with van der Waals surface area (Å²) < 4.78 is 1.39. The highest BCUT2D eigenvalue weighted by molar-refractivity contribution is 5.94. The number of hydrogen-bond donors (Lipinski definition) is 1. The van der Waals surface area contributed by atoms with Crippen LogP contribution in [0, 0.1) is 0 Å². The molecule has 0 bridgehead atoms. The molecule has 2 rings (SSSR count). The monoisotopic (exact) mass is 204 g/mol. The summed E-state index contributed by atoms with van der Waals surface area (Å²) in [7, 11) is 0. The van der Waals surface area contributed by atoms with Crippen molar-refractivity contribution < 1.29 is 14.7 Å². The molecular formula is C10H8N2O3. The summed E-state index contributed by atoms with van der Waals surface area (Å²) in [6.45, 7) is 1.43. The maximum Gasteiger partial charge on any atom is 0.354 e. The van der Waals surface area contributed by atoms with Crippen molar-refractivity contribution in [3.8, 4) is 0 Å². The number of imidazole rings is 1. The highest BCUT2D eigenvalue weighted by Crippen LogP contribution is 2.09. The van der Waals surface area contributed by atoms with Gasteiger partial charge in [-0.15, -0.1) is 0 Å². The van der Waals surface area contributed by atoms with Crippen molar-refractivity contribution in [1.29, 1.82) is 0 Å². The molecule has 15 heavy (non-hydrogen) atoms. The maximum absolute atomic E-state index is 11.1. The molecular weight excluding hydrogens is 196 g/mol. The van der Waals surface area contributed by atoms with Gasteiger partial charge < -0.3 is 5.11 Å². The second kappa shape index (κ2) is 3.20. The fourth-order valence-electron chi connectivity index (χ4n) is 1.35. The van der Waals surface area contributed by atoms with Crippen LogP contribution in [-0.2, 0) is 0 Å². The van der Waals surface area contributed by atoms with Crippen molar-refractivity contribution in [2.45, 2.75) is 6.92 Å². The van der Waals surface area contributed by atoms with Crippen LogP contribution in [0.25, 0.3) is 5.65 Å². The van der Waals surface area contributed by atoms with E-state index in [2.05, 4.69) is 4.98 Å². The van der Waals surface area contributed by atoms with Crippen LogP contribution in [0.4, 0.5) is 0 Å². The van der Waals surface area contributed by atoms with Gasteiger partial charge in [0.2, 0.25) is 0 Å². The molecule has 0 saturated heterocycles. The molecule has 0 fully saturated rings. The lowest BCUT2D eigenvalue weighted by molar-refractivity contribution is 0.0689. The number of rotatable bonds is 2. The fourth-order valence-corrected chi connectivity index (χ4v) is 1.35. The minimum Gasteiger partial charge on any atom is -0.477 e. The van der Waals surface area contributed by atoms with Gasteiger partial charge in [-0.25, -0.2) is 9.78 Å². The molecule has 0 unspecified atom stereocenters. The number of fused-ring (bicyclic) bond motifs is 1. The number of ketones is 1. The predicted molar refractivity (Wildman–Crippen MR) is 52.2 cm³/mol. The average Bonchev–Trinajstić information content (AvgIpc) is 2.59. The van der Waals surface area contributed by atoms with Crippen LogP contribution in [0.2, 0.25) is 0 Å². The summed E-state index contributed by atoms with van der Waals surface area (Å²) in [5, 5.41) is 8.86. The van der Waals surface area contributed by atoms with Gasteiger partial charge in [-0.05, 0) is 19.1 Å². The molecule has 0 saturated carbocycles. The average molecular weight is 204 g/mol. The minimum atomic E-state index is -1.07. The first kappa shape index (κ1) is 9.39. The van der Waals surface area contributed by atoms with Crippen LogP contribution in [-0.4, -0.2) is 26.2 Å². The zero-order valence-electron chi connectivity index (χ0n) is 7.97. The number of carboxylic acids is 1. The molecule has 2 aromatic heterocycles. The molecule has 0 aliphatic carbocycles. The van der Waals surface area contributed by atoms with Gasteiger partial charge in [0, 0.05) is 11.8 Å². The van der Waals surface area contributed by atoms with E-state index in [0.29, 0.717) is 11.2 Å². The number of carbonyl (C=O) groups is 2. The van der Waals surface area contributed by atoms with E-state index in [0.717, 1.165) is 0 Å². The number of aromatic nitrogens is 2. The van der Waals surface area contributed by atoms with E-state index in [1.165, 1.54) is 23.7 Å². The van der Waals surface area contributed by atoms with Crippen molar-refractivity contribution >= 4 is 17.4 Å². The number of pyridine rings is 1. The molecule has 0 atom stereocenters. The topological polar surface area (TPSA) is 71.7 Å². The first-order valence-corrected chi connectivity index (χ1v) is 4.31.